The third-order valence-electron chi connectivity index (χ3n) is 5.70. The van der Waals surface area contributed by atoms with Crippen LogP contribution >= 0.6 is 11.3 Å². The van der Waals surface area contributed by atoms with Crippen LogP contribution in [-0.2, 0) is 0 Å². The van der Waals surface area contributed by atoms with E-state index in [-0.39, 0.29) is 6.03 Å². The summed E-state index contributed by atoms with van der Waals surface area (Å²) < 4.78 is 11.3. The Kier molecular flexibility index (Phi) is 5.90. The molecule has 0 fully saturated rings. The minimum Gasteiger partial charge on any atom is -0.494 e. The van der Waals surface area contributed by atoms with Crippen molar-refractivity contribution < 1.29 is 14.1 Å². The van der Waals surface area contributed by atoms with Crippen molar-refractivity contribution in [3.63, 3.8) is 0 Å². The first kappa shape index (κ1) is 21.9. The number of aryl methyl sites for hydroxylation is 1. The third kappa shape index (κ3) is 4.08. The molecule has 0 saturated heterocycles. The molecule has 2 aromatic heterocycles. The molecule has 5 rings (SSSR count). The van der Waals surface area contributed by atoms with E-state index in [1.807, 2.05) is 86.8 Å². The first-order chi connectivity index (χ1) is 16.5. The number of hydrogen-bond acceptors (Lipinski definition) is 6. The third-order valence-corrected chi connectivity index (χ3v) is 6.57. The summed E-state index contributed by atoms with van der Waals surface area (Å²) in [6.45, 7) is 6.45. The van der Waals surface area contributed by atoms with Gasteiger partial charge in [-0.3, -0.25) is 4.90 Å². The fraction of sp³-hybridized carbons (Fsp3) is 0.192. The fourth-order valence-electron chi connectivity index (χ4n) is 4.04. The summed E-state index contributed by atoms with van der Waals surface area (Å²) in [5.74, 6) is 1.65. The van der Waals surface area contributed by atoms with Gasteiger partial charge in [-0.1, -0.05) is 41.1 Å². The van der Waals surface area contributed by atoms with Gasteiger partial charge in [0, 0.05) is 5.70 Å². The van der Waals surface area contributed by atoms with Crippen LogP contribution in [0.1, 0.15) is 36.9 Å². The molecule has 0 aliphatic carbocycles. The molecule has 3 heterocycles. The number of ether oxygens (including phenoxy) is 1. The average molecular weight is 473 g/mol. The zero-order valence-corrected chi connectivity index (χ0v) is 19.9. The number of benzene rings is 2. The zero-order valence-electron chi connectivity index (χ0n) is 19.1. The van der Waals surface area contributed by atoms with E-state index in [0.717, 1.165) is 38.7 Å². The van der Waals surface area contributed by atoms with Crippen LogP contribution in [0.3, 0.4) is 0 Å². The minimum atomic E-state index is -0.427. The largest absolute Gasteiger partial charge is 0.494 e. The maximum atomic E-state index is 13.3. The van der Waals surface area contributed by atoms with Crippen LogP contribution < -0.4 is 15.0 Å². The van der Waals surface area contributed by atoms with Crippen LogP contribution in [-0.4, -0.2) is 22.8 Å². The molecule has 0 radical (unpaired) electrons. The first-order valence-corrected chi connectivity index (χ1v) is 11.9. The van der Waals surface area contributed by atoms with Gasteiger partial charge in [-0.2, -0.15) is 4.98 Å². The van der Waals surface area contributed by atoms with E-state index in [2.05, 4.69) is 15.5 Å². The van der Waals surface area contributed by atoms with E-state index in [1.54, 1.807) is 16.2 Å². The molecule has 172 valence electrons. The Morgan fingerprint density at radius 2 is 1.85 bits per heavy atom. The summed E-state index contributed by atoms with van der Waals surface area (Å²) in [5.41, 5.74) is 4.28. The summed E-state index contributed by atoms with van der Waals surface area (Å²) in [4.78, 5) is 20.6. The van der Waals surface area contributed by atoms with Crippen LogP contribution in [0.4, 0.5) is 10.5 Å². The lowest BCUT2D eigenvalue weighted by atomic mass is 9.94. The molecule has 1 atom stereocenters. The number of nitrogens with zero attached hydrogens (tertiary/aromatic N) is 3. The van der Waals surface area contributed by atoms with Crippen molar-refractivity contribution in [3.8, 4) is 16.5 Å². The highest BCUT2D eigenvalue weighted by atomic mass is 32.1. The molecule has 7 nitrogen and oxygen atoms in total. The lowest BCUT2D eigenvalue weighted by molar-refractivity contribution is 0.244. The highest BCUT2D eigenvalue weighted by molar-refractivity contribution is 7.13. The van der Waals surface area contributed by atoms with Gasteiger partial charge in [-0.05, 0) is 62.0 Å². The smallest absolute Gasteiger partial charge is 0.326 e. The molecule has 4 aromatic rings. The number of allylic oxidation sites excluding steroid dienone is 1. The average Bonchev–Trinajstić information content (AvgIpc) is 3.53. The monoisotopic (exact) mass is 472 g/mol. The highest BCUT2D eigenvalue weighted by Gasteiger charge is 2.36. The van der Waals surface area contributed by atoms with Crippen molar-refractivity contribution >= 4 is 28.6 Å². The first-order valence-electron chi connectivity index (χ1n) is 11.0. The maximum absolute atomic E-state index is 13.3. The molecular weight excluding hydrogens is 448 g/mol. The van der Waals surface area contributed by atoms with Crippen LogP contribution in [0.5, 0.6) is 5.75 Å². The predicted octanol–water partition coefficient (Wildman–Crippen LogP) is 6.21. The van der Waals surface area contributed by atoms with E-state index in [4.69, 9.17) is 9.26 Å². The van der Waals surface area contributed by atoms with Crippen molar-refractivity contribution in [2.45, 2.75) is 26.8 Å². The molecular formula is C26H24N4O3S. The molecule has 2 amide bonds. The summed E-state index contributed by atoms with van der Waals surface area (Å²) in [7, 11) is 0. The van der Waals surface area contributed by atoms with Crippen molar-refractivity contribution in [2.75, 3.05) is 11.5 Å². The van der Waals surface area contributed by atoms with Gasteiger partial charge < -0.3 is 14.6 Å². The Labute approximate surface area is 201 Å². The normalized spacial score (nSPS) is 16.0. The number of amides is 2. The molecule has 1 aliphatic rings. The molecule has 0 spiro atoms. The molecule has 0 saturated carbocycles. The van der Waals surface area contributed by atoms with Crippen LogP contribution in [0, 0.1) is 6.92 Å². The van der Waals surface area contributed by atoms with E-state index in [9.17, 15) is 4.79 Å². The van der Waals surface area contributed by atoms with Crippen LogP contribution in [0.15, 0.2) is 76.3 Å². The fourth-order valence-corrected chi connectivity index (χ4v) is 4.69. The maximum Gasteiger partial charge on any atom is 0.326 e. The van der Waals surface area contributed by atoms with Crippen molar-refractivity contribution in [2.24, 2.45) is 0 Å². The minimum absolute atomic E-state index is 0.228. The summed E-state index contributed by atoms with van der Waals surface area (Å²) in [5, 5.41) is 9.31. The van der Waals surface area contributed by atoms with Gasteiger partial charge >= 0.3 is 6.03 Å². The van der Waals surface area contributed by atoms with E-state index in [1.165, 1.54) is 0 Å². The Morgan fingerprint density at radius 1 is 1.09 bits per heavy atom. The van der Waals surface area contributed by atoms with Gasteiger partial charge in [-0.15, -0.1) is 11.3 Å². The molecule has 34 heavy (non-hydrogen) atoms. The molecule has 1 unspecified atom stereocenters. The van der Waals surface area contributed by atoms with E-state index >= 15 is 0 Å². The summed E-state index contributed by atoms with van der Waals surface area (Å²) in [6.07, 6.45) is 0. The van der Waals surface area contributed by atoms with Crippen molar-refractivity contribution in [3.05, 3.63) is 88.8 Å². The van der Waals surface area contributed by atoms with Gasteiger partial charge in [0.05, 0.1) is 28.8 Å². The quantitative estimate of drug-likeness (QED) is 0.361. The second kappa shape index (κ2) is 9.15. The standard InChI is InChI=1S/C26H24N4O3S/c1-4-32-20-13-11-19(12-14-20)30-17(3)22(25-28-24(29-33-25)21-6-5-15-34-21)23(27-26(30)31)18-9-7-16(2)8-10-18/h5-15,23H,4H2,1-3H3,(H,27,31). The Balaban J connectivity index is 1.62. The van der Waals surface area contributed by atoms with Gasteiger partial charge in [0.15, 0.2) is 0 Å². The number of aromatic nitrogens is 2. The van der Waals surface area contributed by atoms with Crippen molar-refractivity contribution in [1.82, 2.24) is 15.5 Å². The number of thiophene rings is 1. The number of hydrogen-bond donors (Lipinski definition) is 1. The number of nitrogens with one attached hydrogen (secondary N) is 1. The zero-order chi connectivity index (χ0) is 23.7. The highest BCUT2D eigenvalue weighted by Crippen LogP contribution is 2.39. The SMILES string of the molecule is CCOc1ccc(N2C(=O)NC(c3ccc(C)cc3)C(c3nc(-c4cccs4)no3)=C2C)cc1. The second-order valence-electron chi connectivity index (χ2n) is 7.96. The predicted molar refractivity (Wildman–Crippen MR) is 133 cm³/mol. The Bertz CT molecular complexity index is 1330. The van der Waals surface area contributed by atoms with Gasteiger partial charge in [0.25, 0.3) is 5.89 Å². The number of carbonyl (C=O) groups excluding carboxylic acids is 1. The number of carbonyl (C=O) groups is 1. The Hall–Kier alpha value is -3.91. The summed E-state index contributed by atoms with van der Waals surface area (Å²) >= 11 is 1.55. The van der Waals surface area contributed by atoms with Crippen molar-refractivity contribution in [1.29, 1.82) is 0 Å². The number of anilines is 1. The van der Waals surface area contributed by atoms with Crippen LogP contribution in [0.25, 0.3) is 16.3 Å². The number of urea groups is 1. The molecule has 1 N–H and O–H groups in total. The van der Waals surface area contributed by atoms with Gasteiger partial charge in [0.2, 0.25) is 5.82 Å². The number of rotatable bonds is 6. The Morgan fingerprint density at radius 3 is 2.53 bits per heavy atom. The van der Waals surface area contributed by atoms with Gasteiger partial charge in [-0.25, -0.2) is 4.79 Å². The second-order valence-corrected chi connectivity index (χ2v) is 8.90. The molecule has 0 bridgehead atoms. The molecule has 8 heteroatoms. The topological polar surface area (TPSA) is 80.5 Å². The van der Waals surface area contributed by atoms with E-state index in [0.29, 0.717) is 18.3 Å². The van der Waals surface area contributed by atoms with Crippen LogP contribution in [0.2, 0.25) is 0 Å². The molecule has 2 aromatic carbocycles. The molecule has 1 aliphatic heterocycles. The van der Waals surface area contributed by atoms with Gasteiger partial charge in [0.1, 0.15) is 5.75 Å². The summed E-state index contributed by atoms with van der Waals surface area (Å²) in [6, 6.07) is 18.8. The lowest BCUT2D eigenvalue weighted by Crippen LogP contribution is -2.46. The van der Waals surface area contributed by atoms with E-state index < -0.39 is 6.04 Å². The lowest BCUT2D eigenvalue weighted by Gasteiger charge is -2.35.